The summed E-state index contributed by atoms with van der Waals surface area (Å²) in [5, 5.41) is 10.0. The molecule has 0 bridgehead atoms. The molecule has 0 amide bonds. The molecule has 0 atom stereocenters. The van der Waals surface area contributed by atoms with Crippen LogP contribution >= 0.6 is 11.6 Å². The Balaban J connectivity index is 2.05. The van der Waals surface area contributed by atoms with E-state index in [1.165, 1.54) is 0 Å². The van der Waals surface area contributed by atoms with E-state index in [4.69, 9.17) is 11.6 Å². The number of nitrogens with one attached hydrogen (secondary N) is 1. The van der Waals surface area contributed by atoms with Crippen molar-refractivity contribution in [3.05, 3.63) is 64.4 Å². The molecule has 0 fully saturated rings. The Morgan fingerprint density at radius 2 is 2.00 bits per heavy atom. The summed E-state index contributed by atoms with van der Waals surface area (Å²) in [5.41, 5.74) is 4.34. The third-order valence-electron chi connectivity index (χ3n) is 3.19. The molecular weight excluding hydrogens is 282 g/mol. The van der Waals surface area contributed by atoms with E-state index in [1.54, 1.807) is 18.2 Å². The molecule has 0 unspecified atom stereocenters. The number of nitrogens with zero attached hydrogens (tertiary/aromatic N) is 2. The Hall–Kier alpha value is -2.57. The van der Waals surface area contributed by atoms with E-state index in [1.807, 2.05) is 37.3 Å². The van der Waals surface area contributed by atoms with Crippen molar-refractivity contribution >= 4 is 34.3 Å². The highest BCUT2D eigenvalue weighted by molar-refractivity contribution is 6.30. The van der Waals surface area contributed by atoms with Gasteiger partial charge in [-0.1, -0.05) is 29.8 Å². The third-order valence-corrected chi connectivity index (χ3v) is 3.45. The van der Waals surface area contributed by atoms with Crippen molar-refractivity contribution in [2.45, 2.75) is 6.92 Å². The van der Waals surface area contributed by atoms with Gasteiger partial charge in [-0.05, 0) is 48.4 Å². The average Bonchev–Trinajstić information content (AvgIpc) is 2.89. The first-order chi connectivity index (χ1) is 10.2. The fourth-order valence-electron chi connectivity index (χ4n) is 2.13. The molecule has 1 N–H and O–H groups in total. The molecule has 0 saturated heterocycles. The molecule has 3 rings (SSSR count). The molecule has 2 aromatic carbocycles. The number of hydrogen-bond donors (Lipinski definition) is 1. The van der Waals surface area contributed by atoms with Gasteiger partial charge in [-0.25, -0.2) is 4.98 Å². The number of allylic oxidation sites excluding steroid dienone is 1. The normalized spacial score (nSPS) is 11.6. The Kier molecular flexibility index (Phi) is 3.47. The van der Waals surface area contributed by atoms with Crippen molar-refractivity contribution in [3.8, 4) is 6.07 Å². The first-order valence-electron chi connectivity index (χ1n) is 6.50. The zero-order valence-electron chi connectivity index (χ0n) is 11.4. The van der Waals surface area contributed by atoms with Gasteiger partial charge in [-0.3, -0.25) is 0 Å². The van der Waals surface area contributed by atoms with Crippen LogP contribution in [0.1, 0.15) is 17.0 Å². The summed E-state index contributed by atoms with van der Waals surface area (Å²) in [5.74, 6) is 0.577. The van der Waals surface area contributed by atoms with Crippen molar-refractivity contribution in [3.63, 3.8) is 0 Å². The number of halogens is 1. The van der Waals surface area contributed by atoms with Crippen LogP contribution < -0.4 is 0 Å². The van der Waals surface area contributed by atoms with Crippen LogP contribution in [0, 0.1) is 18.3 Å². The predicted molar refractivity (Wildman–Crippen MR) is 85.8 cm³/mol. The fourth-order valence-corrected chi connectivity index (χ4v) is 2.26. The van der Waals surface area contributed by atoms with E-state index in [0.717, 1.165) is 22.2 Å². The van der Waals surface area contributed by atoms with Crippen LogP contribution in [-0.2, 0) is 0 Å². The minimum absolute atomic E-state index is 0.492. The van der Waals surface area contributed by atoms with Crippen LogP contribution in [0.3, 0.4) is 0 Å². The van der Waals surface area contributed by atoms with Gasteiger partial charge >= 0.3 is 0 Å². The minimum atomic E-state index is 0.492. The number of H-pyrrole nitrogens is 1. The van der Waals surface area contributed by atoms with Gasteiger partial charge in [0.1, 0.15) is 11.9 Å². The quantitative estimate of drug-likeness (QED) is 0.703. The molecule has 3 nitrogen and oxygen atoms in total. The van der Waals surface area contributed by atoms with Gasteiger partial charge in [0.2, 0.25) is 0 Å². The molecule has 0 aliphatic rings. The largest absolute Gasteiger partial charge is 0.337 e. The summed E-state index contributed by atoms with van der Waals surface area (Å²) in [6.45, 7) is 2.02. The van der Waals surface area contributed by atoms with E-state index < -0.39 is 0 Å². The third kappa shape index (κ3) is 2.81. The van der Waals surface area contributed by atoms with E-state index in [-0.39, 0.29) is 0 Å². The summed E-state index contributed by atoms with van der Waals surface area (Å²) in [6.07, 6.45) is 1.79. The molecule has 0 aliphatic carbocycles. The standard InChI is InChI=1S/C17H12ClN3/c1-11-2-7-15-16(8-11)21-17(20-15)13(10-19)9-12-3-5-14(18)6-4-12/h2-9H,1H3,(H,20,21)/b13-9-. The SMILES string of the molecule is Cc1ccc2nc(/C(C#N)=C\c3ccc(Cl)cc3)[nH]c2c1. The van der Waals surface area contributed by atoms with E-state index >= 15 is 0 Å². The number of aromatic amines is 1. The molecule has 0 saturated carbocycles. The molecule has 1 aromatic heterocycles. The second-order valence-electron chi connectivity index (χ2n) is 4.83. The van der Waals surface area contributed by atoms with Crippen molar-refractivity contribution in [1.29, 1.82) is 5.26 Å². The fraction of sp³-hybridized carbons (Fsp3) is 0.0588. The monoisotopic (exact) mass is 293 g/mol. The number of aromatic nitrogens is 2. The summed E-state index contributed by atoms with van der Waals surface area (Å²) in [4.78, 5) is 7.66. The molecule has 3 aromatic rings. The molecule has 1 heterocycles. The van der Waals surface area contributed by atoms with Crippen LogP contribution in [0.15, 0.2) is 42.5 Å². The van der Waals surface area contributed by atoms with Crippen molar-refractivity contribution in [2.24, 2.45) is 0 Å². The molecule has 0 aliphatic heterocycles. The maximum Gasteiger partial charge on any atom is 0.149 e. The van der Waals surface area contributed by atoms with Gasteiger partial charge in [0.25, 0.3) is 0 Å². The smallest absolute Gasteiger partial charge is 0.149 e. The van der Waals surface area contributed by atoms with Crippen LogP contribution in [0.4, 0.5) is 0 Å². The molecule has 0 radical (unpaired) electrons. The average molecular weight is 294 g/mol. The number of aryl methyl sites for hydroxylation is 1. The van der Waals surface area contributed by atoms with Gasteiger partial charge in [-0.15, -0.1) is 0 Å². The minimum Gasteiger partial charge on any atom is -0.337 e. The molecule has 102 valence electrons. The number of hydrogen-bond acceptors (Lipinski definition) is 2. The maximum absolute atomic E-state index is 9.37. The summed E-state index contributed by atoms with van der Waals surface area (Å²) >= 11 is 5.86. The first-order valence-corrected chi connectivity index (χ1v) is 6.87. The summed E-state index contributed by atoms with van der Waals surface area (Å²) in [7, 11) is 0. The number of rotatable bonds is 2. The number of fused-ring (bicyclic) bond motifs is 1. The Morgan fingerprint density at radius 3 is 2.71 bits per heavy atom. The number of nitriles is 1. The van der Waals surface area contributed by atoms with E-state index in [2.05, 4.69) is 16.0 Å². The van der Waals surface area contributed by atoms with Crippen LogP contribution in [0.25, 0.3) is 22.7 Å². The number of benzene rings is 2. The molecule has 0 spiro atoms. The summed E-state index contributed by atoms with van der Waals surface area (Å²) < 4.78 is 0. The molecule has 21 heavy (non-hydrogen) atoms. The second kappa shape index (κ2) is 5.43. The highest BCUT2D eigenvalue weighted by atomic mass is 35.5. The topological polar surface area (TPSA) is 52.5 Å². The van der Waals surface area contributed by atoms with Crippen LogP contribution in [0.5, 0.6) is 0 Å². The van der Waals surface area contributed by atoms with Gasteiger partial charge in [0.15, 0.2) is 0 Å². The number of imidazole rings is 1. The van der Waals surface area contributed by atoms with E-state index in [9.17, 15) is 5.26 Å². The van der Waals surface area contributed by atoms with Gasteiger partial charge in [0.05, 0.1) is 16.6 Å². The predicted octanol–water partition coefficient (Wildman–Crippen LogP) is 4.59. The lowest BCUT2D eigenvalue weighted by Crippen LogP contribution is -1.84. The lowest BCUT2D eigenvalue weighted by atomic mass is 10.1. The van der Waals surface area contributed by atoms with E-state index in [0.29, 0.717) is 16.4 Å². The highest BCUT2D eigenvalue weighted by Gasteiger charge is 2.08. The second-order valence-corrected chi connectivity index (χ2v) is 5.26. The van der Waals surface area contributed by atoms with Crippen molar-refractivity contribution in [1.82, 2.24) is 9.97 Å². The first kappa shape index (κ1) is 13.4. The van der Waals surface area contributed by atoms with Crippen LogP contribution in [-0.4, -0.2) is 9.97 Å². The van der Waals surface area contributed by atoms with Crippen molar-refractivity contribution in [2.75, 3.05) is 0 Å². The van der Waals surface area contributed by atoms with Gasteiger partial charge in [-0.2, -0.15) is 5.26 Å². The van der Waals surface area contributed by atoms with Crippen LogP contribution in [0.2, 0.25) is 5.02 Å². The summed E-state index contributed by atoms with van der Waals surface area (Å²) in [6, 6.07) is 15.5. The lowest BCUT2D eigenvalue weighted by molar-refractivity contribution is 1.27. The van der Waals surface area contributed by atoms with Crippen molar-refractivity contribution < 1.29 is 0 Å². The van der Waals surface area contributed by atoms with Gasteiger partial charge < -0.3 is 4.98 Å². The Morgan fingerprint density at radius 1 is 1.24 bits per heavy atom. The zero-order chi connectivity index (χ0) is 14.8. The van der Waals surface area contributed by atoms with Gasteiger partial charge in [0, 0.05) is 5.02 Å². The molecular formula is C17H12ClN3. The Bertz CT molecular complexity index is 867. The lowest BCUT2D eigenvalue weighted by Gasteiger charge is -1.96. The maximum atomic E-state index is 9.37. The molecule has 4 heteroatoms. The Labute approximate surface area is 127 Å². The highest BCUT2D eigenvalue weighted by Crippen LogP contribution is 2.20. The zero-order valence-corrected chi connectivity index (χ0v) is 12.1.